The minimum Gasteiger partial charge on any atom is -0.465 e. The van der Waals surface area contributed by atoms with E-state index in [1.165, 1.54) is 19.2 Å². The predicted octanol–water partition coefficient (Wildman–Crippen LogP) is 2.27. The van der Waals surface area contributed by atoms with Gasteiger partial charge in [0.05, 0.1) is 12.7 Å². The quantitative estimate of drug-likeness (QED) is 0.877. The van der Waals surface area contributed by atoms with E-state index in [2.05, 4.69) is 9.46 Å². The Morgan fingerprint density at radius 3 is 2.25 bits per heavy atom. The molecular weight excluding hydrogens is 278 g/mol. The van der Waals surface area contributed by atoms with Crippen molar-refractivity contribution in [1.82, 2.24) is 0 Å². The highest BCUT2D eigenvalue weighted by molar-refractivity contribution is 7.92. The van der Waals surface area contributed by atoms with Crippen LogP contribution in [-0.4, -0.2) is 21.5 Å². The number of hydrogen-bond donors (Lipinski definition) is 1. The number of hydrogen-bond acceptors (Lipinski definition) is 4. The van der Waals surface area contributed by atoms with E-state index in [0.29, 0.717) is 5.69 Å². The zero-order valence-corrected chi connectivity index (χ0v) is 11.6. The molecular formula is C14H13NO4S. The van der Waals surface area contributed by atoms with Crippen molar-refractivity contribution in [3.05, 3.63) is 60.2 Å². The average Bonchev–Trinajstić information content (AvgIpc) is 2.47. The van der Waals surface area contributed by atoms with E-state index in [0.717, 1.165) is 0 Å². The van der Waals surface area contributed by atoms with Gasteiger partial charge in [-0.3, -0.25) is 4.72 Å². The number of rotatable bonds is 4. The van der Waals surface area contributed by atoms with Crippen LogP contribution in [0, 0.1) is 0 Å². The van der Waals surface area contributed by atoms with E-state index in [-0.39, 0.29) is 10.5 Å². The summed E-state index contributed by atoms with van der Waals surface area (Å²) in [6.45, 7) is 0. The van der Waals surface area contributed by atoms with Crippen LogP contribution in [0.25, 0.3) is 0 Å². The molecule has 0 aliphatic heterocycles. The van der Waals surface area contributed by atoms with Crippen LogP contribution in [-0.2, 0) is 14.8 Å². The van der Waals surface area contributed by atoms with Crippen LogP contribution in [0.2, 0.25) is 0 Å². The lowest BCUT2D eigenvalue weighted by Gasteiger charge is -2.10. The molecule has 104 valence electrons. The molecule has 6 heteroatoms. The van der Waals surface area contributed by atoms with Crippen LogP contribution < -0.4 is 4.72 Å². The van der Waals surface area contributed by atoms with Gasteiger partial charge in [-0.05, 0) is 24.3 Å². The number of nitrogens with one attached hydrogen (secondary N) is 1. The summed E-state index contributed by atoms with van der Waals surface area (Å²) in [6, 6.07) is 14.3. The zero-order chi connectivity index (χ0) is 14.6. The van der Waals surface area contributed by atoms with Crippen molar-refractivity contribution in [2.45, 2.75) is 4.90 Å². The predicted molar refractivity (Wildman–Crippen MR) is 75.0 cm³/mol. The van der Waals surface area contributed by atoms with Gasteiger partial charge < -0.3 is 4.74 Å². The van der Waals surface area contributed by atoms with Gasteiger partial charge in [-0.25, -0.2) is 13.2 Å². The molecule has 0 saturated carbocycles. The number of carbonyl (C=O) groups excluding carboxylic acids is 1. The highest BCUT2D eigenvalue weighted by Gasteiger charge is 2.22. The smallest absolute Gasteiger partial charge is 0.339 e. The molecule has 2 aromatic rings. The molecule has 0 unspecified atom stereocenters. The minimum absolute atomic E-state index is 0.00145. The van der Waals surface area contributed by atoms with Gasteiger partial charge >= 0.3 is 5.97 Å². The molecule has 0 bridgehead atoms. The third-order valence-electron chi connectivity index (χ3n) is 2.61. The maximum absolute atomic E-state index is 12.3. The lowest BCUT2D eigenvalue weighted by Crippen LogP contribution is -2.17. The fraction of sp³-hybridized carbons (Fsp3) is 0.0714. The summed E-state index contributed by atoms with van der Waals surface area (Å²) < 4.78 is 31.7. The maximum atomic E-state index is 12.3. The summed E-state index contributed by atoms with van der Waals surface area (Å²) in [6.07, 6.45) is 0. The van der Waals surface area contributed by atoms with Crippen molar-refractivity contribution in [3.8, 4) is 0 Å². The second-order valence-corrected chi connectivity index (χ2v) is 5.61. The number of benzene rings is 2. The van der Waals surface area contributed by atoms with E-state index < -0.39 is 16.0 Å². The number of esters is 1. The first-order valence-electron chi connectivity index (χ1n) is 5.80. The van der Waals surface area contributed by atoms with Gasteiger partial charge in [0.2, 0.25) is 0 Å². The van der Waals surface area contributed by atoms with E-state index >= 15 is 0 Å². The van der Waals surface area contributed by atoms with E-state index in [9.17, 15) is 13.2 Å². The summed E-state index contributed by atoms with van der Waals surface area (Å²) in [5.74, 6) is -0.695. The van der Waals surface area contributed by atoms with Crippen LogP contribution in [0.15, 0.2) is 59.5 Å². The van der Waals surface area contributed by atoms with Crippen molar-refractivity contribution >= 4 is 21.7 Å². The van der Waals surface area contributed by atoms with Crippen molar-refractivity contribution in [1.29, 1.82) is 0 Å². The third kappa shape index (κ3) is 2.97. The number of anilines is 1. The number of para-hydroxylation sites is 1. The summed E-state index contributed by atoms with van der Waals surface area (Å²) in [5, 5.41) is 0. The Morgan fingerprint density at radius 2 is 1.60 bits per heavy atom. The van der Waals surface area contributed by atoms with E-state index in [1.54, 1.807) is 42.5 Å². The molecule has 0 saturated heterocycles. The third-order valence-corrected chi connectivity index (χ3v) is 4.05. The molecule has 0 amide bonds. The molecule has 0 spiro atoms. The van der Waals surface area contributed by atoms with Crippen LogP contribution in [0.5, 0.6) is 0 Å². The van der Waals surface area contributed by atoms with Crippen LogP contribution in [0.1, 0.15) is 10.4 Å². The normalized spacial score (nSPS) is 10.8. The maximum Gasteiger partial charge on any atom is 0.339 e. The number of methoxy groups -OCH3 is 1. The first kappa shape index (κ1) is 14.1. The average molecular weight is 291 g/mol. The molecule has 2 aromatic carbocycles. The Hall–Kier alpha value is -2.34. The number of carbonyl (C=O) groups is 1. The first-order chi connectivity index (χ1) is 9.54. The Labute approximate surface area is 117 Å². The topological polar surface area (TPSA) is 72.5 Å². The summed E-state index contributed by atoms with van der Waals surface area (Å²) in [4.78, 5) is 11.5. The number of ether oxygens (including phenoxy) is 1. The van der Waals surface area contributed by atoms with Crippen LogP contribution in [0.3, 0.4) is 0 Å². The molecule has 0 aliphatic rings. The second kappa shape index (κ2) is 5.75. The lowest BCUT2D eigenvalue weighted by molar-refractivity contribution is 0.0596. The summed E-state index contributed by atoms with van der Waals surface area (Å²) in [7, 11) is -2.65. The van der Waals surface area contributed by atoms with Gasteiger partial charge in [0.15, 0.2) is 0 Å². The summed E-state index contributed by atoms with van der Waals surface area (Å²) in [5.41, 5.74) is 0.422. The van der Waals surface area contributed by atoms with Crippen LogP contribution >= 0.6 is 0 Å². The van der Waals surface area contributed by atoms with Gasteiger partial charge in [-0.2, -0.15) is 0 Å². The van der Waals surface area contributed by atoms with E-state index in [4.69, 9.17) is 0 Å². The lowest BCUT2D eigenvalue weighted by atomic mass is 10.2. The van der Waals surface area contributed by atoms with Gasteiger partial charge in [-0.15, -0.1) is 0 Å². The SMILES string of the molecule is COC(=O)c1ccccc1S(=O)(=O)Nc1ccccc1. The minimum atomic E-state index is -3.85. The highest BCUT2D eigenvalue weighted by atomic mass is 32.2. The Kier molecular flexibility index (Phi) is 4.05. The Balaban J connectivity index is 2.42. The fourth-order valence-electron chi connectivity index (χ4n) is 1.70. The highest BCUT2D eigenvalue weighted by Crippen LogP contribution is 2.20. The number of sulfonamides is 1. The molecule has 0 aliphatic carbocycles. The molecule has 1 N–H and O–H groups in total. The van der Waals surface area contributed by atoms with Crippen molar-refractivity contribution in [2.75, 3.05) is 11.8 Å². The molecule has 2 rings (SSSR count). The van der Waals surface area contributed by atoms with Gasteiger partial charge in [0.1, 0.15) is 4.90 Å². The molecule has 20 heavy (non-hydrogen) atoms. The van der Waals surface area contributed by atoms with Crippen molar-refractivity contribution < 1.29 is 17.9 Å². The fourth-order valence-corrected chi connectivity index (χ4v) is 2.95. The molecule has 0 aromatic heterocycles. The van der Waals surface area contributed by atoms with E-state index in [1.807, 2.05) is 0 Å². The van der Waals surface area contributed by atoms with Gasteiger partial charge in [-0.1, -0.05) is 30.3 Å². The summed E-state index contributed by atoms with van der Waals surface area (Å²) >= 11 is 0. The molecule has 5 nitrogen and oxygen atoms in total. The molecule has 0 fully saturated rings. The van der Waals surface area contributed by atoms with Gasteiger partial charge in [0.25, 0.3) is 10.0 Å². The second-order valence-electron chi connectivity index (χ2n) is 3.96. The Morgan fingerprint density at radius 1 is 1.00 bits per heavy atom. The molecule has 0 atom stereocenters. The molecule has 0 radical (unpaired) electrons. The zero-order valence-electron chi connectivity index (χ0n) is 10.7. The van der Waals surface area contributed by atoms with Crippen molar-refractivity contribution in [2.24, 2.45) is 0 Å². The monoisotopic (exact) mass is 291 g/mol. The molecule has 0 heterocycles. The Bertz CT molecular complexity index is 711. The van der Waals surface area contributed by atoms with Crippen molar-refractivity contribution in [3.63, 3.8) is 0 Å². The van der Waals surface area contributed by atoms with Crippen LogP contribution in [0.4, 0.5) is 5.69 Å². The van der Waals surface area contributed by atoms with Gasteiger partial charge in [0, 0.05) is 5.69 Å². The largest absolute Gasteiger partial charge is 0.465 e. The standard InChI is InChI=1S/C14H13NO4S/c1-19-14(16)12-9-5-6-10-13(12)20(17,18)15-11-7-3-2-4-8-11/h2-10,15H,1H3. The first-order valence-corrected chi connectivity index (χ1v) is 7.28.